The van der Waals surface area contributed by atoms with E-state index in [-0.39, 0.29) is 17.7 Å². The maximum atomic E-state index is 12.6. The summed E-state index contributed by atoms with van der Waals surface area (Å²) in [6.07, 6.45) is 2.63. The number of sulfonamides is 1. The van der Waals surface area contributed by atoms with Crippen LogP contribution >= 0.6 is 0 Å². The molecule has 1 aliphatic heterocycles. The first-order valence-electron chi connectivity index (χ1n) is 10.3. The van der Waals surface area contributed by atoms with E-state index >= 15 is 0 Å². The summed E-state index contributed by atoms with van der Waals surface area (Å²) in [5.41, 5.74) is 3.05. The third-order valence-corrected chi connectivity index (χ3v) is 5.48. The molecule has 0 unspecified atom stereocenters. The maximum Gasteiger partial charge on any atom is 0.328 e. The van der Waals surface area contributed by atoms with Crippen LogP contribution in [0.2, 0.25) is 0 Å². The molecule has 1 aliphatic rings. The third-order valence-electron chi connectivity index (χ3n) is 5.04. The molecule has 0 atom stereocenters. The fourth-order valence-corrected chi connectivity index (χ4v) is 3.80. The minimum atomic E-state index is -3.46. The molecule has 1 heterocycles. The van der Waals surface area contributed by atoms with E-state index in [1.165, 1.54) is 6.21 Å². The Kier molecular flexibility index (Phi) is 6.78. The number of hydrogen-bond donors (Lipinski definition) is 2. The number of amides is 3. The number of ether oxygens (including phenoxy) is 1. The quantitative estimate of drug-likeness (QED) is 0.495. The Labute approximate surface area is 193 Å². The maximum absolute atomic E-state index is 12.6. The molecule has 176 valence electrons. The molecular formula is C23H28N4O5S. The van der Waals surface area contributed by atoms with Gasteiger partial charge in [0.1, 0.15) is 5.75 Å². The largest absolute Gasteiger partial charge is 0.496 e. The number of nitrogens with zero attached hydrogens (tertiary/aromatic N) is 2. The van der Waals surface area contributed by atoms with Crippen LogP contribution in [0.15, 0.2) is 41.5 Å². The first kappa shape index (κ1) is 24.2. The van der Waals surface area contributed by atoms with E-state index in [0.717, 1.165) is 22.3 Å². The summed E-state index contributed by atoms with van der Waals surface area (Å²) < 4.78 is 28.3. The Hall–Kier alpha value is -3.40. The normalized spacial score (nSPS) is 15.0. The summed E-state index contributed by atoms with van der Waals surface area (Å²) in [4.78, 5) is 28.3. The van der Waals surface area contributed by atoms with E-state index in [4.69, 9.17) is 4.74 Å². The highest BCUT2D eigenvalue weighted by Crippen LogP contribution is 2.43. The molecular weight excluding hydrogens is 444 g/mol. The summed E-state index contributed by atoms with van der Waals surface area (Å²) >= 11 is 0. The Bertz CT molecular complexity index is 1200. The van der Waals surface area contributed by atoms with Crippen LogP contribution in [-0.2, 0) is 20.2 Å². The Morgan fingerprint density at radius 3 is 2.52 bits per heavy atom. The first-order valence-corrected chi connectivity index (χ1v) is 12.2. The van der Waals surface area contributed by atoms with E-state index in [1.54, 1.807) is 25.3 Å². The molecule has 2 aromatic rings. The Morgan fingerprint density at radius 1 is 1.18 bits per heavy atom. The molecule has 0 spiro atoms. The number of carbonyl (C=O) groups is 2. The number of benzene rings is 2. The van der Waals surface area contributed by atoms with Gasteiger partial charge in [0.15, 0.2) is 0 Å². The van der Waals surface area contributed by atoms with Crippen molar-refractivity contribution in [3.63, 3.8) is 0 Å². The van der Waals surface area contributed by atoms with Gasteiger partial charge in [0, 0.05) is 24.1 Å². The van der Waals surface area contributed by atoms with Gasteiger partial charge in [0.25, 0.3) is 0 Å². The number of carbonyl (C=O) groups excluding carboxylic acids is 2. The van der Waals surface area contributed by atoms with E-state index in [2.05, 4.69) is 15.2 Å². The third kappa shape index (κ3) is 5.70. The highest BCUT2D eigenvalue weighted by atomic mass is 32.2. The van der Waals surface area contributed by atoms with Crippen molar-refractivity contribution in [2.24, 2.45) is 5.10 Å². The van der Waals surface area contributed by atoms with E-state index < -0.39 is 16.1 Å². The van der Waals surface area contributed by atoms with Gasteiger partial charge >= 0.3 is 6.03 Å². The molecule has 0 aromatic heterocycles. The molecule has 2 N–H and O–H groups in total. The van der Waals surface area contributed by atoms with Gasteiger partial charge in [-0.25, -0.2) is 22.9 Å². The molecule has 0 bridgehead atoms. The number of hydrogen-bond acceptors (Lipinski definition) is 6. The average molecular weight is 473 g/mol. The Balaban J connectivity index is 2.17. The zero-order valence-electron chi connectivity index (χ0n) is 19.3. The van der Waals surface area contributed by atoms with E-state index in [0.29, 0.717) is 29.1 Å². The lowest BCUT2D eigenvalue weighted by molar-refractivity contribution is -0.118. The predicted molar refractivity (Wildman–Crippen MR) is 128 cm³/mol. The van der Waals surface area contributed by atoms with Crippen LogP contribution in [0, 0.1) is 0 Å². The standard InChI is InChI=1S/C23H28N4O5S/c1-23(2,3)19-13-17(27-20(28)9-10-24-22(27)29)12-18(21(19)32-4)16-8-6-7-15(11-16)14-25-26-33(5,30)31/h6-8,11-14,26H,9-10H2,1-5H3,(H,24,29)/b25-14+. The van der Waals surface area contributed by atoms with E-state index in [1.807, 2.05) is 39.0 Å². The number of anilines is 1. The molecule has 9 nitrogen and oxygen atoms in total. The van der Waals surface area contributed by atoms with Crippen LogP contribution in [0.3, 0.4) is 0 Å². The van der Waals surface area contributed by atoms with Crippen LogP contribution in [-0.4, -0.2) is 46.5 Å². The molecule has 0 saturated carbocycles. The lowest BCUT2D eigenvalue weighted by Crippen LogP contribution is -2.50. The summed E-state index contributed by atoms with van der Waals surface area (Å²) in [5.74, 6) is 0.349. The highest BCUT2D eigenvalue weighted by molar-refractivity contribution is 7.88. The van der Waals surface area contributed by atoms with Crippen molar-refractivity contribution >= 4 is 33.9 Å². The van der Waals surface area contributed by atoms with Gasteiger partial charge in [0.05, 0.1) is 25.3 Å². The molecule has 0 radical (unpaired) electrons. The zero-order valence-corrected chi connectivity index (χ0v) is 20.1. The zero-order chi connectivity index (χ0) is 24.4. The second kappa shape index (κ2) is 9.22. The van der Waals surface area contributed by atoms with Crippen LogP contribution in [0.1, 0.15) is 38.3 Å². The van der Waals surface area contributed by atoms with Crippen molar-refractivity contribution in [2.75, 3.05) is 24.8 Å². The van der Waals surface area contributed by atoms with Crippen molar-refractivity contribution in [2.45, 2.75) is 32.6 Å². The van der Waals surface area contributed by atoms with Gasteiger partial charge in [-0.3, -0.25) is 4.79 Å². The Morgan fingerprint density at radius 2 is 1.91 bits per heavy atom. The topological polar surface area (TPSA) is 117 Å². The van der Waals surface area contributed by atoms with E-state index in [9.17, 15) is 18.0 Å². The lowest BCUT2D eigenvalue weighted by Gasteiger charge is -2.30. The second-order valence-corrected chi connectivity index (χ2v) is 10.5. The minimum Gasteiger partial charge on any atom is -0.496 e. The van der Waals surface area contributed by atoms with Gasteiger partial charge in [-0.15, -0.1) is 0 Å². The first-order chi connectivity index (χ1) is 15.4. The van der Waals surface area contributed by atoms with Crippen LogP contribution in [0.5, 0.6) is 5.75 Å². The molecule has 33 heavy (non-hydrogen) atoms. The monoisotopic (exact) mass is 472 g/mol. The molecule has 1 saturated heterocycles. The number of rotatable bonds is 6. The van der Waals surface area contributed by atoms with Crippen molar-refractivity contribution in [1.29, 1.82) is 0 Å². The SMILES string of the molecule is COc1c(-c2cccc(/C=N/NS(C)(=O)=O)c2)cc(N2C(=O)CCNC2=O)cc1C(C)(C)C. The van der Waals surface area contributed by atoms with Crippen LogP contribution in [0.25, 0.3) is 11.1 Å². The van der Waals surface area contributed by atoms with Gasteiger partial charge in [-0.1, -0.05) is 39.0 Å². The molecule has 0 aliphatic carbocycles. The molecule has 3 amide bonds. The van der Waals surface area contributed by atoms with Gasteiger partial charge < -0.3 is 10.1 Å². The van der Waals surface area contributed by atoms with Gasteiger partial charge in [-0.2, -0.15) is 5.10 Å². The lowest BCUT2D eigenvalue weighted by atomic mass is 9.83. The van der Waals surface area contributed by atoms with Gasteiger partial charge in [0.2, 0.25) is 15.9 Å². The number of urea groups is 1. The van der Waals surface area contributed by atoms with Crippen LogP contribution < -0.4 is 19.8 Å². The van der Waals surface area contributed by atoms with Crippen LogP contribution in [0.4, 0.5) is 10.5 Å². The molecule has 1 fully saturated rings. The number of methoxy groups -OCH3 is 1. The summed E-state index contributed by atoms with van der Waals surface area (Å²) in [6, 6.07) is 10.4. The smallest absolute Gasteiger partial charge is 0.328 e. The number of nitrogens with one attached hydrogen (secondary N) is 2. The minimum absolute atomic E-state index is 0.219. The van der Waals surface area contributed by atoms with Crippen molar-refractivity contribution in [3.8, 4) is 16.9 Å². The predicted octanol–water partition coefficient (Wildman–Crippen LogP) is 2.99. The molecule has 2 aromatic carbocycles. The summed E-state index contributed by atoms with van der Waals surface area (Å²) in [7, 11) is -1.88. The molecule has 3 rings (SSSR count). The summed E-state index contributed by atoms with van der Waals surface area (Å²) in [5, 5.41) is 6.47. The number of imide groups is 1. The second-order valence-electron chi connectivity index (χ2n) is 8.78. The fraction of sp³-hybridized carbons (Fsp3) is 0.348. The fourth-order valence-electron chi connectivity index (χ4n) is 3.56. The number of hydrazone groups is 1. The van der Waals surface area contributed by atoms with Crippen molar-refractivity contribution in [1.82, 2.24) is 10.1 Å². The van der Waals surface area contributed by atoms with Crippen molar-refractivity contribution in [3.05, 3.63) is 47.5 Å². The van der Waals surface area contributed by atoms with Gasteiger partial charge in [-0.05, 0) is 34.7 Å². The average Bonchev–Trinajstić information content (AvgIpc) is 2.71. The summed E-state index contributed by atoms with van der Waals surface area (Å²) in [6.45, 7) is 6.38. The molecule has 10 heteroatoms. The van der Waals surface area contributed by atoms with Crippen molar-refractivity contribution < 1.29 is 22.7 Å². The highest BCUT2D eigenvalue weighted by Gasteiger charge is 2.31.